The first kappa shape index (κ1) is 14.4. The lowest BCUT2D eigenvalue weighted by Crippen LogP contribution is -2.03. The van der Waals surface area contributed by atoms with Crippen molar-refractivity contribution in [2.75, 3.05) is 12.7 Å². The lowest BCUT2D eigenvalue weighted by atomic mass is 10.2. The van der Waals surface area contributed by atoms with Crippen LogP contribution >= 0.6 is 11.6 Å². The molecule has 0 unspecified atom stereocenters. The molecule has 3 nitrogen and oxygen atoms in total. The summed E-state index contributed by atoms with van der Waals surface area (Å²) in [4.78, 5) is 4.05. The van der Waals surface area contributed by atoms with E-state index in [1.54, 1.807) is 18.5 Å². The highest BCUT2D eigenvalue weighted by atomic mass is 35.5. The molecule has 0 saturated carbocycles. The molecule has 0 aliphatic heterocycles. The molecule has 0 atom stereocenters. The zero-order valence-corrected chi connectivity index (χ0v) is 11.6. The van der Waals surface area contributed by atoms with E-state index in [0.717, 1.165) is 11.1 Å². The first-order valence-electron chi connectivity index (χ1n) is 6.13. The second-order valence-corrected chi connectivity index (χ2v) is 4.21. The molecule has 0 N–H and O–H groups in total. The van der Waals surface area contributed by atoms with Crippen molar-refractivity contribution in [2.24, 2.45) is 0 Å². The van der Waals surface area contributed by atoms with Crippen molar-refractivity contribution in [3.05, 3.63) is 59.9 Å². The van der Waals surface area contributed by atoms with E-state index in [0.29, 0.717) is 18.2 Å². The van der Waals surface area contributed by atoms with Crippen molar-refractivity contribution in [3.63, 3.8) is 0 Å². The van der Waals surface area contributed by atoms with Crippen LogP contribution in [-0.4, -0.2) is 17.7 Å². The van der Waals surface area contributed by atoms with Crippen LogP contribution in [0.15, 0.2) is 48.8 Å². The number of halogens is 1. The standard InChI is InChI=1S/C16H14ClNO2/c17-8-4-7-15-9-16(11-18-10-15)20-13-19-12-14-5-2-1-3-6-14/h1-3,5-6,9-11H,8,12-13H2. The molecule has 0 fully saturated rings. The molecule has 2 rings (SSSR count). The maximum atomic E-state index is 5.51. The molecule has 1 heterocycles. The second kappa shape index (κ2) is 8.21. The number of nitrogens with zero attached hydrogens (tertiary/aromatic N) is 1. The van der Waals surface area contributed by atoms with E-state index >= 15 is 0 Å². The smallest absolute Gasteiger partial charge is 0.189 e. The zero-order chi connectivity index (χ0) is 14.0. The fraction of sp³-hybridized carbons (Fsp3) is 0.188. The maximum Gasteiger partial charge on any atom is 0.189 e. The van der Waals surface area contributed by atoms with E-state index in [1.807, 2.05) is 30.3 Å². The molecule has 0 amide bonds. The van der Waals surface area contributed by atoms with Crippen LogP contribution in [0.1, 0.15) is 11.1 Å². The Hall–Kier alpha value is -2.02. The van der Waals surface area contributed by atoms with Gasteiger partial charge in [0.1, 0.15) is 5.75 Å². The molecule has 0 aliphatic carbocycles. The number of hydrogen-bond acceptors (Lipinski definition) is 3. The van der Waals surface area contributed by atoms with Crippen LogP contribution in [0.2, 0.25) is 0 Å². The Morgan fingerprint density at radius 2 is 2.00 bits per heavy atom. The Morgan fingerprint density at radius 1 is 1.15 bits per heavy atom. The molecule has 0 aliphatic rings. The molecule has 0 spiro atoms. The third-order valence-corrected chi connectivity index (χ3v) is 2.57. The van der Waals surface area contributed by atoms with Crippen molar-refractivity contribution in [1.29, 1.82) is 0 Å². The molecule has 0 bridgehead atoms. The summed E-state index contributed by atoms with van der Waals surface area (Å²) in [6.07, 6.45) is 3.29. The van der Waals surface area contributed by atoms with Crippen molar-refractivity contribution < 1.29 is 9.47 Å². The van der Waals surface area contributed by atoms with Gasteiger partial charge < -0.3 is 9.47 Å². The number of ether oxygens (including phenoxy) is 2. The SMILES string of the molecule is ClCC#Cc1cncc(OCOCc2ccccc2)c1. The van der Waals surface area contributed by atoms with Crippen LogP contribution in [0.5, 0.6) is 5.75 Å². The van der Waals surface area contributed by atoms with Gasteiger partial charge in [-0.15, -0.1) is 11.6 Å². The Balaban J connectivity index is 1.79. The Bertz CT molecular complexity index is 590. The minimum absolute atomic E-state index is 0.170. The largest absolute Gasteiger partial charge is 0.466 e. The number of alkyl halides is 1. The van der Waals surface area contributed by atoms with Crippen molar-refractivity contribution in [1.82, 2.24) is 4.98 Å². The maximum absolute atomic E-state index is 5.51. The topological polar surface area (TPSA) is 31.4 Å². The number of hydrogen-bond donors (Lipinski definition) is 0. The van der Waals surface area contributed by atoms with Crippen molar-refractivity contribution in [2.45, 2.75) is 6.61 Å². The number of pyridine rings is 1. The highest BCUT2D eigenvalue weighted by molar-refractivity contribution is 6.19. The summed E-state index contributed by atoms with van der Waals surface area (Å²) in [6, 6.07) is 11.7. The Kier molecular flexibility index (Phi) is 5.91. The van der Waals surface area contributed by atoms with Crippen LogP contribution in [-0.2, 0) is 11.3 Å². The molecular weight excluding hydrogens is 274 g/mol. The fourth-order valence-corrected chi connectivity index (χ4v) is 1.61. The average molecular weight is 288 g/mol. The summed E-state index contributed by atoms with van der Waals surface area (Å²) < 4.78 is 10.9. The summed E-state index contributed by atoms with van der Waals surface area (Å²) in [7, 11) is 0. The van der Waals surface area contributed by atoms with Gasteiger partial charge in [0, 0.05) is 11.8 Å². The van der Waals surface area contributed by atoms with Crippen LogP contribution < -0.4 is 4.74 Å². The first-order chi connectivity index (χ1) is 9.88. The van der Waals surface area contributed by atoms with E-state index in [2.05, 4.69) is 16.8 Å². The monoisotopic (exact) mass is 287 g/mol. The third-order valence-electron chi connectivity index (χ3n) is 2.43. The van der Waals surface area contributed by atoms with Gasteiger partial charge in [-0.25, -0.2) is 0 Å². The normalized spacial score (nSPS) is 9.65. The van der Waals surface area contributed by atoms with Crippen molar-refractivity contribution in [3.8, 4) is 17.6 Å². The zero-order valence-electron chi connectivity index (χ0n) is 10.9. The summed E-state index contributed by atoms with van der Waals surface area (Å²) in [6.45, 7) is 0.684. The predicted molar refractivity (Wildman–Crippen MR) is 78.6 cm³/mol. The van der Waals surface area contributed by atoms with Gasteiger partial charge in [0.15, 0.2) is 6.79 Å². The lowest BCUT2D eigenvalue weighted by Gasteiger charge is -2.07. The second-order valence-electron chi connectivity index (χ2n) is 3.94. The lowest BCUT2D eigenvalue weighted by molar-refractivity contribution is 0.00484. The van der Waals surface area contributed by atoms with Gasteiger partial charge in [0.25, 0.3) is 0 Å². The summed E-state index contributed by atoms with van der Waals surface area (Å²) in [5, 5.41) is 0. The van der Waals surface area contributed by atoms with E-state index in [1.165, 1.54) is 0 Å². The van der Waals surface area contributed by atoms with Crippen LogP contribution in [0, 0.1) is 11.8 Å². The molecule has 1 aromatic carbocycles. The van der Waals surface area contributed by atoms with Crippen LogP contribution in [0.4, 0.5) is 0 Å². The van der Waals surface area contributed by atoms with Gasteiger partial charge in [-0.1, -0.05) is 42.2 Å². The summed E-state index contributed by atoms with van der Waals surface area (Å²) in [5.41, 5.74) is 1.88. The highest BCUT2D eigenvalue weighted by Crippen LogP contribution is 2.10. The fourth-order valence-electron chi connectivity index (χ4n) is 1.55. The minimum atomic E-state index is 0.170. The van der Waals surface area contributed by atoms with E-state index in [4.69, 9.17) is 21.1 Å². The minimum Gasteiger partial charge on any atom is -0.466 e. The number of benzene rings is 1. The highest BCUT2D eigenvalue weighted by Gasteiger charge is 1.97. The molecule has 102 valence electrons. The van der Waals surface area contributed by atoms with Gasteiger partial charge in [0.05, 0.1) is 18.7 Å². The molecular formula is C16H14ClNO2. The quantitative estimate of drug-likeness (QED) is 0.366. The summed E-state index contributed by atoms with van der Waals surface area (Å²) in [5.74, 6) is 6.58. The van der Waals surface area contributed by atoms with E-state index in [9.17, 15) is 0 Å². The van der Waals surface area contributed by atoms with E-state index < -0.39 is 0 Å². The van der Waals surface area contributed by atoms with Crippen LogP contribution in [0.25, 0.3) is 0 Å². The van der Waals surface area contributed by atoms with E-state index in [-0.39, 0.29) is 6.79 Å². The Morgan fingerprint density at radius 3 is 2.80 bits per heavy atom. The first-order valence-corrected chi connectivity index (χ1v) is 6.66. The molecule has 20 heavy (non-hydrogen) atoms. The summed E-state index contributed by atoms with van der Waals surface area (Å²) >= 11 is 5.51. The van der Waals surface area contributed by atoms with Gasteiger partial charge >= 0.3 is 0 Å². The number of rotatable bonds is 5. The number of aromatic nitrogens is 1. The van der Waals surface area contributed by atoms with Gasteiger partial charge in [-0.2, -0.15) is 0 Å². The molecule has 2 aromatic rings. The molecule has 0 radical (unpaired) electrons. The van der Waals surface area contributed by atoms with Gasteiger partial charge in [-0.05, 0) is 11.6 Å². The Labute approximate surface area is 123 Å². The van der Waals surface area contributed by atoms with Gasteiger partial charge in [-0.3, -0.25) is 4.98 Å². The third kappa shape index (κ3) is 4.93. The molecule has 4 heteroatoms. The molecule has 1 aromatic heterocycles. The average Bonchev–Trinajstić information content (AvgIpc) is 2.51. The van der Waals surface area contributed by atoms with Gasteiger partial charge in [0.2, 0.25) is 0 Å². The predicted octanol–water partition coefficient (Wildman–Crippen LogP) is 3.23. The molecule has 0 saturated heterocycles. The van der Waals surface area contributed by atoms with Crippen LogP contribution in [0.3, 0.4) is 0 Å². The van der Waals surface area contributed by atoms with Crippen molar-refractivity contribution >= 4 is 11.6 Å².